The Labute approximate surface area is 149 Å². The van der Waals surface area contributed by atoms with Crippen LogP contribution in [0, 0.1) is 0 Å². The van der Waals surface area contributed by atoms with Crippen molar-refractivity contribution < 1.29 is 57.1 Å². The third-order valence-electron chi connectivity index (χ3n) is 3.11. The highest BCUT2D eigenvalue weighted by molar-refractivity contribution is 5.08. The summed E-state index contributed by atoms with van der Waals surface area (Å²) in [5.41, 5.74) is 2.73. The average Bonchev–Trinajstić information content (AvgIpc) is 2.40. The van der Waals surface area contributed by atoms with E-state index in [0.29, 0.717) is 0 Å². The molecular weight excluding hydrogens is 462 g/mol. The van der Waals surface area contributed by atoms with Crippen molar-refractivity contribution in [2.24, 2.45) is 0 Å². The highest BCUT2D eigenvalue weighted by Crippen LogP contribution is 2.01. The standard InChI is InChI=1S/C15H20N2.2HI/c1-3-16-11-7-5-9-14(16)13-15-10-6-8-12-17(15)4-2;;/h5-12H,3-4,13H2,1-2H3;2*1H/q+2;;/p-2. The molecule has 4 heteroatoms. The lowest BCUT2D eigenvalue weighted by Crippen LogP contribution is -3.00. The number of rotatable bonds is 4. The summed E-state index contributed by atoms with van der Waals surface area (Å²) in [5, 5.41) is 0. The van der Waals surface area contributed by atoms with Crippen LogP contribution in [0.5, 0.6) is 0 Å². The van der Waals surface area contributed by atoms with Gasteiger partial charge in [-0.15, -0.1) is 0 Å². The fourth-order valence-electron chi connectivity index (χ4n) is 2.15. The van der Waals surface area contributed by atoms with Crippen LogP contribution >= 0.6 is 0 Å². The molecule has 2 aromatic rings. The smallest absolute Gasteiger partial charge is 0.191 e. The highest BCUT2D eigenvalue weighted by Gasteiger charge is 2.14. The first kappa shape index (κ1) is 18.8. The monoisotopic (exact) mass is 482 g/mol. The Morgan fingerprint density at radius 2 is 1.16 bits per heavy atom. The van der Waals surface area contributed by atoms with Crippen LogP contribution in [0.2, 0.25) is 0 Å². The summed E-state index contributed by atoms with van der Waals surface area (Å²) >= 11 is 0. The Morgan fingerprint density at radius 3 is 1.53 bits per heavy atom. The minimum atomic E-state index is 0. The van der Waals surface area contributed by atoms with E-state index in [1.165, 1.54) is 11.4 Å². The third-order valence-corrected chi connectivity index (χ3v) is 3.11. The summed E-state index contributed by atoms with van der Waals surface area (Å²) in [5.74, 6) is 0. The van der Waals surface area contributed by atoms with Gasteiger partial charge < -0.3 is 48.0 Å². The molecular formula is C15H20I2N2. The van der Waals surface area contributed by atoms with Crippen molar-refractivity contribution in [2.45, 2.75) is 33.4 Å². The zero-order valence-corrected chi connectivity index (χ0v) is 15.7. The van der Waals surface area contributed by atoms with Crippen LogP contribution < -0.4 is 57.1 Å². The van der Waals surface area contributed by atoms with Crippen molar-refractivity contribution >= 4 is 0 Å². The molecule has 0 unspecified atom stereocenters. The van der Waals surface area contributed by atoms with Gasteiger partial charge in [-0.1, -0.05) is 12.1 Å². The van der Waals surface area contributed by atoms with E-state index in [0.717, 1.165) is 19.5 Å². The molecule has 0 amide bonds. The Kier molecular flexibility index (Phi) is 9.51. The van der Waals surface area contributed by atoms with E-state index in [9.17, 15) is 0 Å². The second-order valence-corrected chi connectivity index (χ2v) is 4.13. The molecule has 0 saturated heterocycles. The molecule has 0 aliphatic rings. The summed E-state index contributed by atoms with van der Waals surface area (Å²) in [6.07, 6.45) is 5.28. The largest absolute Gasteiger partial charge is 1.00 e. The van der Waals surface area contributed by atoms with E-state index < -0.39 is 0 Å². The molecule has 2 rings (SSSR count). The number of hydrogen-bond acceptors (Lipinski definition) is 0. The van der Waals surface area contributed by atoms with Gasteiger partial charge in [-0.3, -0.25) is 0 Å². The van der Waals surface area contributed by atoms with E-state index in [-0.39, 0.29) is 48.0 Å². The highest BCUT2D eigenvalue weighted by atomic mass is 127. The number of aryl methyl sites for hydroxylation is 2. The molecule has 0 bridgehead atoms. The number of halogens is 2. The lowest BCUT2D eigenvalue weighted by Gasteiger charge is -2.02. The first-order valence-electron chi connectivity index (χ1n) is 6.29. The van der Waals surface area contributed by atoms with Gasteiger partial charge in [0.25, 0.3) is 0 Å². The summed E-state index contributed by atoms with van der Waals surface area (Å²) in [7, 11) is 0. The molecule has 0 saturated carbocycles. The van der Waals surface area contributed by atoms with Gasteiger partial charge in [0.05, 0.1) is 0 Å². The normalized spacial score (nSPS) is 9.37. The molecule has 19 heavy (non-hydrogen) atoms. The number of pyridine rings is 2. The van der Waals surface area contributed by atoms with Crippen molar-refractivity contribution in [3.63, 3.8) is 0 Å². The second-order valence-electron chi connectivity index (χ2n) is 4.13. The van der Waals surface area contributed by atoms with Crippen LogP contribution in [-0.4, -0.2) is 0 Å². The van der Waals surface area contributed by atoms with Gasteiger partial charge in [-0.05, 0) is 13.8 Å². The number of hydrogen-bond donors (Lipinski definition) is 0. The zero-order valence-electron chi connectivity index (χ0n) is 11.4. The van der Waals surface area contributed by atoms with Gasteiger partial charge in [-0.25, -0.2) is 9.13 Å². The van der Waals surface area contributed by atoms with Crippen LogP contribution in [0.4, 0.5) is 0 Å². The van der Waals surface area contributed by atoms with Crippen LogP contribution in [-0.2, 0) is 19.5 Å². The minimum absolute atomic E-state index is 0. The molecule has 2 aromatic heterocycles. The fraction of sp³-hybridized carbons (Fsp3) is 0.333. The molecule has 0 aliphatic heterocycles. The predicted molar refractivity (Wildman–Crippen MR) is 67.4 cm³/mol. The van der Waals surface area contributed by atoms with E-state index in [1.54, 1.807) is 0 Å². The molecule has 104 valence electrons. The summed E-state index contributed by atoms with van der Waals surface area (Å²) in [4.78, 5) is 0. The van der Waals surface area contributed by atoms with Crippen LogP contribution in [0.25, 0.3) is 0 Å². The van der Waals surface area contributed by atoms with Gasteiger partial charge >= 0.3 is 0 Å². The summed E-state index contributed by atoms with van der Waals surface area (Å²) < 4.78 is 4.60. The second kappa shape index (κ2) is 9.63. The molecule has 0 aliphatic carbocycles. The molecule has 0 aromatic carbocycles. The van der Waals surface area contributed by atoms with E-state index >= 15 is 0 Å². The molecule has 2 heterocycles. The molecule has 0 atom stereocenters. The van der Waals surface area contributed by atoms with Crippen molar-refractivity contribution in [3.8, 4) is 0 Å². The number of aromatic nitrogens is 2. The molecule has 0 spiro atoms. The zero-order chi connectivity index (χ0) is 12.1. The molecule has 0 fully saturated rings. The Hall–Kier alpha value is -0.240. The fourth-order valence-corrected chi connectivity index (χ4v) is 2.15. The maximum absolute atomic E-state index is 2.30. The predicted octanol–water partition coefficient (Wildman–Crippen LogP) is -4.10. The molecule has 2 nitrogen and oxygen atoms in total. The van der Waals surface area contributed by atoms with E-state index in [2.05, 4.69) is 71.8 Å². The first-order valence-corrected chi connectivity index (χ1v) is 6.29. The lowest BCUT2D eigenvalue weighted by atomic mass is 10.2. The Balaban J connectivity index is 0.00000162. The average molecular weight is 482 g/mol. The van der Waals surface area contributed by atoms with Gasteiger partial charge in [0, 0.05) is 24.3 Å². The topological polar surface area (TPSA) is 7.76 Å². The van der Waals surface area contributed by atoms with E-state index in [1.807, 2.05) is 0 Å². The third kappa shape index (κ3) is 4.98. The quantitative estimate of drug-likeness (QED) is 0.310. The summed E-state index contributed by atoms with van der Waals surface area (Å²) in [6.45, 7) is 6.41. The summed E-state index contributed by atoms with van der Waals surface area (Å²) in [6, 6.07) is 12.8. The van der Waals surface area contributed by atoms with E-state index in [4.69, 9.17) is 0 Å². The SMILES string of the molecule is CC[n+]1ccccc1Cc1cccc[n+]1CC.[I-].[I-]. The van der Waals surface area contributed by atoms with Gasteiger partial charge in [0.1, 0.15) is 19.5 Å². The van der Waals surface area contributed by atoms with Crippen LogP contribution in [0.3, 0.4) is 0 Å². The first-order chi connectivity index (χ1) is 8.35. The minimum Gasteiger partial charge on any atom is -1.00 e. The Morgan fingerprint density at radius 1 is 0.737 bits per heavy atom. The maximum Gasteiger partial charge on any atom is 0.191 e. The van der Waals surface area contributed by atoms with Gasteiger partial charge in [0.2, 0.25) is 0 Å². The van der Waals surface area contributed by atoms with Crippen LogP contribution in [0.1, 0.15) is 25.2 Å². The van der Waals surface area contributed by atoms with Gasteiger partial charge in [0.15, 0.2) is 23.8 Å². The maximum atomic E-state index is 2.30. The van der Waals surface area contributed by atoms with Crippen molar-refractivity contribution in [3.05, 3.63) is 60.2 Å². The molecule has 0 radical (unpaired) electrons. The molecule has 0 N–H and O–H groups in total. The van der Waals surface area contributed by atoms with Crippen molar-refractivity contribution in [1.29, 1.82) is 0 Å². The van der Waals surface area contributed by atoms with Crippen molar-refractivity contribution in [2.75, 3.05) is 0 Å². The van der Waals surface area contributed by atoms with Crippen LogP contribution in [0.15, 0.2) is 48.8 Å². The lowest BCUT2D eigenvalue weighted by molar-refractivity contribution is -0.712. The van der Waals surface area contributed by atoms with Crippen molar-refractivity contribution in [1.82, 2.24) is 0 Å². The van der Waals surface area contributed by atoms with Gasteiger partial charge in [-0.2, -0.15) is 0 Å². The Bertz CT molecular complexity index is 456. The number of nitrogens with zero attached hydrogens (tertiary/aromatic N) is 2.